The Kier molecular flexibility index (Phi) is 11.4. The monoisotopic (exact) mass is 480 g/mol. The number of nitrogens with one attached hydrogen (secondary N) is 2. The molecule has 0 spiro atoms. The highest BCUT2D eigenvalue weighted by Gasteiger charge is 2.30. The van der Waals surface area contributed by atoms with Crippen LogP contribution in [0, 0.1) is 0 Å². The highest BCUT2D eigenvalue weighted by molar-refractivity contribution is 6.77. The number of alkyl carbamates (subject to hydrolysis) is 2. The molecule has 2 N–H and O–H groups in total. The van der Waals surface area contributed by atoms with Gasteiger partial charge in [0.2, 0.25) is 0 Å². The predicted molar refractivity (Wildman–Crippen MR) is 131 cm³/mol. The van der Waals surface area contributed by atoms with E-state index in [0.29, 0.717) is 25.8 Å². The van der Waals surface area contributed by atoms with E-state index in [-0.39, 0.29) is 12.1 Å². The number of ether oxygens (including phenoxy) is 3. The Labute approximate surface area is 198 Å². The van der Waals surface area contributed by atoms with E-state index < -0.39 is 37.9 Å². The average molecular weight is 481 g/mol. The Hall–Kier alpha value is -2.55. The van der Waals surface area contributed by atoms with Gasteiger partial charge in [-0.25, -0.2) is 14.4 Å². The molecule has 0 saturated heterocycles. The van der Waals surface area contributed by atoms with Gasteiger partial charge in [0.05, 0.1) is 21.8 Å². The molecule has 8 nitrogen and oxygen atoms in total. The molecule has 0 aliphatic rings. The van der Waals surface area contributed by atoms with Crippen LogP contribution in [0.2, 0.25) is 19.6 Å². The SMILES string of the molecule is COC(=O)[C@H](CCCCNC(=O)OC(C)(C)C)NC(=O)OCC(c1ccccc1)[Si](C)(C)C. The second kappa shape index (κ2) is 13.2. The zero-order valence-electron chi connectivity index (χ0n) is 21.0. The van der Waals surface area contributed by atoms with Gasteiger partial charge in [0.25, 0.3) is 0 Å². The molecule has 0 radical (unpaired) electrons. The Bertz CT molecular complexity index is 758. The third-order valence-electron chi connectivity index (χ3n) is 4.99. The van der Waals surface area contributed by atoms with Gasteiger partial charge in [-0.1, -0.05) is 50.0 Å². The van der Waals surface area contributed by atoms with Gasteiger partial charge in [-0.2, -0.15) is 0 Å². The van der Waals surface area contributed by atoms with Gasteiger partial charge < -0.3 is 24.8 Å². The maximum absolute atomic E-state index is 12.4. The maximum atomic E-state index is 12.4. The standard InChI is InChI=1S/C24H40N2O6Si/c1-24(2,3)32-22(28)25-16-12-11-15-19(21(27)30-4)26-23(29)31-17-20(33(5,6)7)18-13-9-8-10-14-18/h8-10,13-14,19-20H,11-12,15-17H2,1-7H3,(H,25,28)(H,26,29)/t19-,20?/m0/s1. The molecule has 33 heavy (non-hydrogen) atoms. The molecule has 0 heterocycles. The zero-order valence-corrected chi connectivity index (χ0v) is 22.0. The fourth-order valence-electron chi connectivity index (χ4n) is 3.24. The number of hydrogen-bond acceptors (Lipinski definition) is 6. The average Bonchev–Trinajstić information content (AvgIpc) is 2.70. The summed E-state index contributed by atoms with van der Waals surface area (Å²) in [4.78, 5) is 36.2. The molecule has 1 aromatic rings. The predicted octanol–water partition coefficient (Wildman–Crippen LogP) is 4.61. The lowest BCUT2D eigenvalue weighted by molar-refractivity contribution is -0.143. The highest BCUT2D eigenvalue weighted by atomic mass is 28.3. The number of benzene rings is 1. The summed E-state index contributed by atoms with van der Waals surface area (Å²) in [5, 5.41) is 5.30. The van der Waals surface area contributed by atoms with Crippen molar-refractivity contribution in [2.75, 3.05) is 20.3 Å². The van der Waals surface area contributed by atoms with Crippen molar-refractivity contribution in [3.05, 3.63) is 35.9 Å². The molecule has 0 aliphatic carbocycles. The van der Waals surface area contributed by atoms with Crippen LogP contribution in [0.5, 0.6) is 0 Å². The molecule has 0 aliphatic heterocycles. The molecule has 0 saturated carbocycles. The van der Waals surface area contributed by atoms with Gasteiger partial charge in [0, 0.05) is 12.1 Å². The molecular weight excluding hydrogens is 440 g/mol. The molecule has 0 bridgehead atoms. The fourth-order valence-corrected chi connectivity index (χ4v) is 5.02. The lowest BCUT2D eigenvalue weighted by Gasteiger charge is -2.29. The molecule has 0 aromatic heterocycles. The lowest BCUT2D eigenvalue weighted by atomic mass is 10.1. The quantitative estimate of drug-likeness (QED) is 0.207. The molecule has 2 amide bonds. The molecule has 9 heteroatoms. The van der Waals surface area contributed by atoms with Crippen molar-refractivity contribution in [2.24, 2.45) is 0 Å². The van der Waals surface area contributed by atoms with E-state index in [1.54, 1.807) is 20.8 Å². The molecule has 2 atom stereocenters. The summed E-state index contributed by atoms with van der Waals surface area (Å²) >= 11 is 0. The summed E-state index contributed by atoms with van der Waals surface area (Å²) in [5.74, 6) is -0.531. The van der Waals surface area contributed by atoms with Crippen molar-refractivity contribution >= 4 is 26.2 Å². The van der Waals surface area contributed by atoms with Crippen molar-refractivity contribution in [3.8, 4) is 0 Å². The molecule has 1 unspecified atom stereocenters. The molecule has 0 fully saturated rings. The number of carbonyl (C=O) groups excluding carboxylic acids is 3. The Morgan fingerprint density at radius 3 is 2.18 bits per heavy atom. The van der Waals surface area contributed by atoms with E-state index in [1.165, 1.54) is 7.11 Å². The van der Waals surface area contributed by atoms with Gasteiger partial charge in [-0.3, -0.25) is 0 Å². The number of unbranched alkanes of at least 4 members (excludes halogenated alkanes) is 1. The first-order valence-electron chi connectivity index (χ1n) is 11.4. The van der Waals surface area contributed by atoms with Crippen LogP contribution in [-0.4, -0.2) is 58.1 Å². The van der Waals surface area contributed by atoms with E-state index in [2.05, 4.69) is 30.3 Å². The van der Waals surface area contributed by atoms with Gasteiger partial charge in [-0.15, -0.1) is 0 Å². The first kappa shape index (κ1) is 28.5. The Balaban J connectivity index is 2.53. The minimum Gasteiger partial charge on any atom is -0.467 e. The first-order valence-corrected chi connectivity index (χ1v) is 14.9. The third kappa shape index (κ3) is 11.8. The Morgan fingerprint density at radius 2 is 1.64 bits per heavy atom. The maximum Gasteiger partial charge on any atom is 0.407 e. The number of methoxy groups -OCH3 is 1. The smallest absolute Gasteiger partial charge is 0.407 e. The summed E-state index contributed by atoms with van der Waals surface area (Å²) in [6.45, 7) is 12.7. The summed E-state index contributed by atoms with van der Waals surface area (Å²) in [6.07, 6.45) is 0.459. The van der Waals surface area contributed by atoms with E-state index in [9.17, 15) is 14.4 Å². The normalized spacial score (nSPS) is 13.4. The van der Waals surface area contributed by atoms with E-state index >= 15 is 0 Å². The summed E-state index contributed by atoms with van der Waals surface area (Å²) < 4.78 is 15.5. The molecule has 186 valence electrons. The van der Waals surface area contributed by atoms with E-state index in [0.717, 1.165) is 5.56 Å². The lowest BCUT2D eigenvalue weighted by Crippen LogP contribution is -2.43. The van der Waals surface area contributed by atoms with Crippen molar-refractivity contribution in [2.45, 2.75) is 76.9 Å². The van der Waals surface area contributed by atoms with E-state index in [4.69, 9.17) is 14.2 Å². The molecule has 1 aromatic carbocycles. The summed E-state index contributed by atoms with van der Waals surface area (Å²) in [5.41, 5.74) is 0.728. The largest absolute Gasteiger partial charge is 0.467 e. The minimum atomic E-state index is -1.66. The second-order valence-electron chi connectivity index (χ2n) is 10.1. The van der Waals surface area contributed by atoms with Crippen LogP contribution in [-0.2, 0) is 19.0 Å². The number of rotatable bonds is 11. The molecule has 1 rings (SSSR count). The number of esters is 1. The van der Waals surface area contributed by atoms with Crippen LogP contribution in [0.15, 0.2) is 30.3 Å². The number of amides is 2. The van der Waals surface area contributed by atoms with Crippen molar-refractivity contribution in [1.29, 1.82) is 0 Å². The van der Waals surface area contributed by atoms with Gasteiger partial charge in [0.15, 0.2) is 0 Å². The van der Waals surface area contributed by atoms with E-state index in [1.807, 2.05) is 30.3 Å². The number of hydrogen-bond donors (Lipinski definition) is 2. The van der Waals surface area contributed by atoms with Crippen LogP contribution < -0.4 is 10.6 Å². The fraction of sp³-hybridized carbons (Fsp3) is 0.625. The van der Waals surface area contributed by atoms with Crippen LogP contribution >= 0.6 is 0 Å². The second-order valence-corrected chi connectivity index (χ2v) is 15.5. The summed E-state index contributed by atoms with van der Waals surface area (Å²) in [6, 6.07) is 9.20. The highest BCUT2D eigenvalue weighted by Crippen LogP contribution is 2.27. The Morgan fingerprint density at radius 1 is 1.00 bits per heavy atom. The van der Waals surface area contributed by atoms with Crippen molar-refractivity contribution < 1.29 is 28.6 Å². The molecular formula is C24H40N2O6Si. The topological polar surface area (TPSA) is 103 Å². The third-order valence-corrected chi connectivity index (χ3v) is 7.58. The van der Waals surface area contributed by atoms with Crippen molar-refractivity contribution in [3.63, 3.8) is 0 Å². The van der Waals surface area contributed by atoms with Crippen LogP contribution in [0.1, 0.15) is 51.1 Å². The minimum absolute atomic E-state index is 0.139. The number of carbonyl (C=O) groups is 3. The van der Waals surface area contributed by atoms with Crippen molar-refractivity contribution in [1.82, 2.24) is 10.6 Å². The van der Waals surface area contributed by atoms with Gasteiger partial charge >= 0.3 is 18.2 Å². The zero-order chi connectivity index (χ0) is 25.1. The first-order chi connectivity index (χ1) is 15.3. The van der Waals surface area contributed by atoms with Crippen LogP contribution in [0.3, 0.4) is 0 Å². The van der Waals surface area contributed by atoms with Crippen LogP contribution in [0.25, 0.3) is 0 Å². The van der Waals surface area contributed by atoms with Gasteiger partial charge in [0.1, 0.15) is 11.6 Å². The summed E-state index contributed by atoms with van der Waals surface area (Å²) in [7, 11) is -0.378. The van der Waals surface area contributed by atoms with Gasteiger partial charge in [-0.05, 0) is 45.6 Å². The van der Waals surface area contributed by atoms with Crippen LogP contribution in [0.4, 0.5) is 9.59 Å².